The number of carbonyl (C=O) groups excluding carboxylic acids is 1. The number of hydrogen-bond acceptors (Lipinski definition) is 3. The second-order valence-corrected chi connectivity index (χ2v) is 8.64. The van der Waals surface area contributed by atoms with Crippen LogP contribution in [0.15, 0.2) is 40.9 Å². The van der Waals surface area contributed by atoms with Crippen LogP contribution >= 0.6 is 15.9 Å². The van der Waals surface area contributed by atoms with Crippen LogP contribution in [0.5, 0.6) is 0 Å². The van der Waals surface area contributed by atoms with Crippen molar-refractivity contribution in [1.29, 1.82) is 0 Å². The second-order valence-electron chi connectivity index (χ2n) is 7.73. The molecule has 5 heteroatoms. The highest BCUT2D eigenvalue weighted by Crippen LogP contribution is 2.23. The molecule has 0 aliphatic carbocycles. The van der Waals surface area contributed by atoms with Gasteiger partial charge >= 0.3 is 6.09 Å². The summed E-state index contributed by atoms with van der Waals surface area (Å²) in [5, 5.41) is 8.83. The number of rotatable bonds is 6. The van der Waals surface area contributed by atoms with E-state index in [-0.39, 0.29) is 12.1 Å². The van der Waals surface area contributed by atoms with Crippen molar-refractivity contribution in [2.24, 2.45) is 5.92 Å². The lowest BCUT2D eigenvalue weighted by atomic mass is 9.99. The van der Waals surface area contributed by atoms with Gasteiger partial charge in [-0.3, -0.25) is 0 Å². The fraction of sp³-hybridized carbons (Fsp3) is 0.476. The van der Waals surface area contributed by atoms with Gasteiger partial charge in [-0.25, -0.2) is 4.79 Å². The van der Waals surface area contributed by atoms with Crippen LogP contribution in [0, 0.1) is 5.92 Å². The van der Waals surface area contributed by atoms with Crippen molar-refractivity contribution in [3.63, 3.8) is 0 Å². The van der Waals surface area contributed by atoms with Crippen LogP contribution in [0.3, 0.4) is 0 Å². The summed E-state index contributed by atoms with van der Waals surface area (Å²) in [4.78, 5) is 12.1. The van der Waals surface area contributed by atoms with E-state index >= 15 is 0 Å². The van der Waals surface area contributed by atoms with Crippen LogP contribution in [0.4, 0.5) is 10.5 Å². The van der Waals surface area contributed by atoms with Gasteiger partial charge in [0.05, 0.1) is 6.04 Å². The summed E-state index contributed by atoms with van der Waals surface area (Å²) in [6.07, 6.45) is 0.612. The Morgan fingerprint density at radius 1 is 1.15 bits per heavy atom. The van der Waals surface area contributed by atoms with Gasteiger partial charge in [-0.2, -0.15) is 0 Å². The predicted octanol–water partition coefficient (Wildman–Crippen LogP) is 5.95. The number of benzene rings is 2. The first-order valence-corrected chi connectivity index (χ1v) is 9.90. The minimum Gasteiger partial charge on any atom is -0.444 e. The van der Waals surface area contributed by atoms with E-state index in [9.17, 15) is 4.79 Å². The molecule has 142 valence electrons. The minimum atomic E-state index is -0.496. The van der Waals surface area contributed by atoms with Crippen molar-refractivity contribution in [1.82, 2.24) is 5.32 Å². The maximum Gasteiger partial charge on any atom is 0.407 e. The summed E-state index contributed by atoms with van der Waals surface area (Å²) in [6.45, 7) is 10.5. The topological polar surface area (TPSA) is 50.4 Å². The maximum absolute atomic E-state index is 12.1. The third-order valence-corrected chi connectivity index (χ3v) is 4.85. The average Bonchev–Trinajstić information content (AvgIpc) is 2.56. The predicted molar refractivity (Wildman–Crippen MR) is 113 cm³/mol. The number of hydrogen-bond donors (Lipinski definition) is 2. The first-order valence-electron chi connectivity index (χ1n) is 9.10. The van der Waals surface area contributed by atoms with E-state index in [2.05, 4.69) is 70.7 Å². The van der Waals surface area contributed by atoms with E-state index in [1.807, 2.05) is 26.8 Å². The summed E-state index contributed by atoms with van der Waals surface area (Å²) in [5.74, 6) is 0.339. The maximum atomic E-state index is 12.1. The number of nitrogens with one attached hydrogen (secondary N) is 2. The van der Waals surface area contributed by atoms with Crippen molar-refractivity contribution in [3.05, 3.63) is 40.9 Å². The van der Waals surface area contributed by atoms with E-state index < -0.39 is 5.60 Å². The Hall–Kier alpha value is -1.75. The Labute approximate surface area is 164 Å². The molecule has 0 fully saturated rings. The number of halogens is 1. The number of ether oxygens (including phenoxy) is 1. The quantitative estimate of drug-likeness (QED) is 0.606. The largest absolute Gasteiger partial charge is 0.444 e. The zero-order chi connectivity index (χ0) is 19.3. The molecule has 2 N–H and O–H groups in total. The Bertz CT molecular complexity index is 755. The van der Waals surface area contributed by atoms with Gasteiger partial charge in [-0.05, 0) is 61.7 Å². The highest BCUT2D eigenvalue weighted by molar-refractivity contribution is 9.10. The molecule has 0 radical (unpaired) electrons. The van der Waals surface area contributed by atoms with Crippen LogP contribution < -0.4 is 10.6 Å². The van der Waals surface area contributed by atoms with Gasteiger partial charge in [0.1, 0.15) is 5.60 Å². The number of amides is 1. The third kappa shape index (κ3) is 6.20. The van der Waals surface area contributed by atoms with Gasteiger partial charge in [-0.15, -0.1) is 0 Å². The Morgan fingerprint density at radius 3 is 2.46 bits per heavy atom. The molecule has 0 aliphatic heterocycles. The van der Waals surface area contributed by atoms with Gasteiger partial charge in [0.2, 0.25) is 0 Å². The lowest BCUT2D eigenvalue weighted by Gasteiger charge is -2.27. The molecule has 1 amide bonds. The summed E-state index contributed by atoms with van der Waals surface area (Å²) < 4.78 is 6.47. The van der Waals surface area contributed by atoms with E-state index in [1.54, 1.807) is 0 Å². The van der Waals surface area contributed by atoms with Crippen LogP contribution in [-0.2, 0) is 4.74 Å². The molecule has 26 heavy (non-hydrogen) atoms. The summed E-state index contributed by atoms with van der Waals surface area (Å²) in [7, 11) is 0. The highest BCUT2D eigenvalue weighted by Gasteiger charge is 2.22. The Morgan fingerprint density at radius 2 is 1.81 bits per heavy atom. The zero-order valence-electron chi connectivity index (χ0n) is 16.2. The molecule has 0 bridgehead atoms. The molecule has 2 rings (SSSR count). The molecule has 0 saturated carbocycles. The van der Waals surface area contributed by atoms with Crippen LogP contribution in [0.2, 0.25) is 0 Å². The first kappa shape index (κ1) is 20.6. The molecule has 2 aromatic rings. The van der Waals surface area contributed by atoms with Crippen molar-refractivity contribution >= 4 is 38.5 Å². The van der Waals surface area contributed by atoms with Crippen LogP contribution in [-0.4, -0.2) is 24.3 Å². The molecule has 0 aromatic heterocycles. The van der Waals surface area contributed by atoms with E-state index in [0.29, 0.717) is 12.5 Å². The number of fused-ring (bicyclic) bond motifs is 1. The monoisotopic (exact) mass is 420 g/mol. The highest BCUT2D eigenvalue weighted by atomic mass is 79.9. The molecule has 0 spiro atoms. The molecule has 0 unspecified atom stereocenters. The second kappa shape index (κ2) is 8.76. The number of alkyl carbamates (subject to hydrolysis) is 1. The lowest BCUT2D eigenvalue weighted by Crippen LogP contribution is -2.45. The van der Waals surface area contributed by atoms with E-state index in [4.69, 9.17) is 4.74 Å². The number of anilines is 1. The number of carbonyl (C=O) groups is 1. The van der Waals surface area contributed by atoms with Gasteiger partial charge in [-0.1, -0.05) is 48.3 Å². The summed E-state index contributed by atoms with van der Waals surface area (Å²) in [6, 6.07) is 12.5. The van der Waals surface area contributed by atoms with Crippen LogP contribution in [0.1, 0.15) is 41.0 Å². The minimum absolute atomic E-state index is 0.00420. The summed E-state index contributed by atoms with van der Waals surface area (Å²) >= 11 is 3.50. The average molecular weight is 421 g/mol. The van der Waals surface area contributed by atoms with Gasteiger partial charge < -0.3 is 15.4 Å². The normalized spacial score (nSPS) is 13.9. The molecule has 0 aliphatic rings. The van der Waals surface area contributed by atoms with Crippen LogP contribution in [0.25, 0.3) is 10.8 Å². The Balaban J connectivity index is 2.04. The molecule has 2 atom stereocenters. The van der Waals surface area contributed by atoms with Gasteiger partial charge in [0.15, 0.2) is 0 Å². The standard InChI is InChI=1S/C21H29BrN2O2/c1-6-14(2)19(24-20(25)26-21(3,4)5)13-23-18-10-8-15-11-17(22)9-7-16(15)12-18/h7-12,14,19,23H,6,13H2,1-5H3,(H,24,25)/t14-,19+/m0/s1. The van der Waals surface area contributed by atoms with E-state index in [1.165, 1.54) is 10.8 Å². The fourth-order valence-corrected chi connectivity index (χ4v) is 3.07. The first-order chi connectivity index (χ1) is 12.2. The SMILES string of the molecule is CC[C@H](C)[C@@H](CNc1ccc2cc(Br)ccc2c1)NC(=O)OC(C)(C)C. The summed E-state index contributed by atoms with van der Waals surface area (Å²) in [5.41, 5.74) is 0.545. The molecular formula is C21H29BrN2O2. The zero-order valence-corrected chi connectivity index (χ0v) is 17.8. The van der Waals surface area contributed by atoms with Gasteiger partial charge in [0, 0.05) is 16.7 Å². The molecule has 2 aromatic carbocycles. The lowest BCUT2D eigenvalue weighted by molar-refractivity contribution is 0.0491. The molecular weight excluding hydrogens is 392 g/mol. The van der Waals surface area contributed by atoms with Gasteiger partial charge in [0.25, 0.3) is 0 Å². The fourth-order valence-electron chi connectivity index (χ4n) is 2.69. The molecule has 0 saturated heterocycles. The van der Waals surface area contributed by atoms with Crippen molar-refractivity contribution in [2.45, 2.75) is 52.7 Å². The van der Waals surface area contributed by atoms with Crippen molar-refractivity contribution < 1.29 is 9.53 Å². The van der Waals surface area contributed by atoms with E-state index in [0.717, 1.165) is 16.6 Å². The molecule has 0 heterocycles. The van der Waals surface area contributed by atoms with Crippen molar-refractivity contribution in [3.8, 4) is 0 Å². The smallest absolute Gasteiger partial charge is 0.407 e. The Kier molecular flexibility index (Phi) is 6.93. The van der Waals surface area contributed by atoms with Crippen molar-refractivity contribution in [2.75, 3.05) is 11.9 Å². The third-order valence-electron chi connectivity index (χ3n) is 4.36. The molecule has 4 nitrogen and oxygen atoms in total.